The molecule has 0 unspecified atom stereocenters. The highest BCUT2D eigenvalue weighted by atomic mass is 16.6. The van der Waals surface area contributed by atoms with Gasteiger partial charge in [0.25, 0.3) is 0 Å². The van der Waals surface area contributed by atoms with Gasteiger partial charge in [0.2, 0.25) is 5.78 Å². The van der Waals surface area contributed by atoms with Gasteiger partial charge in [0.05, 0.1) is 13.2 Å². The van der Waals surface area contributed by atoms with Crippen molar-refractivity contribution in [2.45, 2.75) is 50.5 Å². The number of rotatable bonds is 1. The molecule has 0 bridgehead atoms. The molecular weight excluding hydrogens is 294 g/mol. The van der Waals surface area contributed by atoms with Crippen molar-refractivity contribution in [3.63, 3.8) is 0 Å². The molecule has 1 saturated carbocycles. The summed E-state index contributed by atoms with van der Waals surface area (Å²) in [5.41, 5.74) is 0.193. The van der Waals surface area contributed by atoms with Crippen LogP contribution in [0.3, 0.4) is 0 Å². The molecule has 23 heavy (non-hydrogen) atoms. The van der Waals surface area contributed by atoms with E-state index in [1.54, 1.807) is 6.08 Å². The third kappa shape index (κ3) is 2.06. The summed E-state index contributed by atoms with van der Waals surface area (Å²) in [6.07, 6.45) is 9.99. The molecule has 6 atom stereocenters. The minimum Gasteiger partial charge on any atom is -0.468 e. The standard InChI is InChI=1S/C18H23NO4/c1-10-16(17(21)22-2)19-18(23-10)13-8-4-6-11-5-3-7-12(15(11)13)9-14(18)20/h4,6,9-11,13,15-16,19H,3,5,7-8H2,1-2H3/t10-,11-,13+,15+,16+,18-/m1/s1. The second kappa shape index (κ2) is 5.28. The van der Waals surface area contributed by atoms with Gasteiger partial charge in [0.1, 0.15) is 6.04 Å². The molecule has 124 valence electrons. The summed E-state index contributed by atoms with van der Waals surface area (Å²) in [4.78, 5) is 24.9. The number of carbonyl (C=O) groups is 2. The van der Waals surface area contributed by atoms with Gasteiger partial charge in [-0.1, -0.05) is 17.7 Å². The van der Waals surface area contributed by atoms with Crippen molar-refractivity contribution in [2.24, 2.45) is 17.8 Å². The number of ether oxygens (including phenoxy) is 2. The van der Waals surface area contributed by atoms with Crippen LogP contribution in [0.25, 0.3) is 0 Å². The van der Waals surface area contributed by atoms with Crippen LogP contribution in [0.4, 0.5) is 0 Å². The molecule has 2 fully saturated rings. The summed E-state index contributed by atoms with van der Waals surface area (Å²) in [6.45, 7) is 1.83. The van der Waals surface area contributed by atoms with Gasteiger partial charge in [-0.15, -0.1) is 0 Å². The van der Waals surface area contributed by atoms with Crippen LogP contribution >= 0.6 is 0 Å². The molecule has 4 aliphatic rings. The zero-order chi connectivity index (χ0) is 16.2. The highest BCUT2D eigenvalue weighted by molar-refractivity contribution is 6.00. The molecule has 0 aromatic carbocycles. The fourth-order valence-corrected chi connectivity index (χ4v) is 4.97. The van der Waals surface area contributed by atoms with Crippen molar-refractivity contribution < 1.29 is 19.1 Å². The molecule has 1 aliphatic heterocycles. The summed E-state index contributed by atoms with van der Waals surface area (Å²) < 4.78 is 11.0. The molecule has 1 N–H and O–H groups in total. The number of hydrogen-bond acceptors (Lipinski definition) is 5. The zero-order valence-electron chi connectivity index (χ0n) is 13.6. The number of ketones is 1. The van der Waals surface area contributed by atoms with Crippen molar-refractivity contribution in [3.05, 3.63) is 23.8 Å². The fraction of sp³-hybridized carbons (Fsp3) is 0.667. The minimum atomic E-state index is -1.08. The number of allylic oxidation sites excluding steroid dienone is 3. The summed E-state index contributed by atoms with van der Waals surface area (Å²) in [7, 11) is 1.36. The van der Waals surface area contributed by atoms with Crippen molar-refractivity contribution in [2.75, 3.05) is 7.11 Å². The van der Waals surface area contributed by atoms with Crippen LogP contribution in [0, 0.1) is 17.8 Å². The summed E-state index contributed by atoms with van der Waals surface area (Å²) >= 11 is 0. The molecular formula is C18H23NO4. The molecule has 4 rings (SSSR count). The Hall–Kier alpha value is -1.46. The van der Waals surface area contributed by atoms with E-state index < -0.39 is 11.8 Å². The van der Waals surface area contributed by atoms with Crippen molar-refractivity contribution >= 4 is 11.8 Å². The first kappa shape index (κ1) is 15.1. The van der Waals surface area contributed by atoms with Crippen LogP contribution in [-0.2, 0) is 19.1 Å². The second-order valence-corrected chi connectivity index (χ2v) is 7.14. The van der Waals surface area contributed by atoms with E-state index in [4.69, 9.17) is 9.47 Å². The van der Waals surface area contributed by atoms with E-state index in [0.29, 0.717) is 11.8 Å². The van der Waals surface area contributed by atoms with E-state index >= 15 is 0 Å². The molecule has 1 saturated heterocycles. The lowest BCUT2D eigenvalue weighted by molar-refractivity contribution is -0.156. The van der Waals surface area contributed by atoms with Crippen LogP contribution < -0.4 is 5.32 Å². The predicted octanol–water partition coefficient (Wildman–Crippen LogP) is 1.73. The molecule has 5 nitrogen and oxygen atoms in total. The number of fused-ring (bicyclic) bond motifs is 1. The average molecular weight is 317 g/mol. The Morgan fingerprint density at radius 3 is 3.09 bits per heavy atom. The van der Waals surface area contributed by atoms with Crippen LogP contribution in [0.2, 0.25) is 0 Å². The number of carbonyl (C=O) groups excluding carboxylic acids is 2. The van der Waals surface area contributed by atoms with Gasteiger partial charge in [0.15, 0.2) is 5.72 Å². The van der Waals surface area contributed by atoms with Gasteiger partial charge in [-0.05, 0) is 50.5 Å². The normalized spacial score (nSPS) is 44.9. The smallest absolute Gasteiger partial charge is 0.325 e. The van der Waals surface area contributed by atoms with Gasteiger partial charge in [0, 0.05) is 5.92 Å². The van der Waals surface area contributed by atoms with Crippen LogP contribution in [0.1, 0.15) is 32.6 Å². The lowest BCUT2D eigenvalue weighted by Crippen LogP contribution is -2.62. The Balaban J connectivity index is 1.74. The Morgan fingerprint density at radius 2 is 2.30 bits per heavy atom. The van der Waals surface area contributed by atoms with Crippen molar-refractivity contribution in [1.82, 2.24) is 5.32 Å². The van der Waals surface area contributed by atoms with Crippen LogP contribution in [0.15, 0.2) is 23.8 Å². The van der Waals surface area contributed by atoms with E-state index in [1.165, 1.54) is 12.7 Å². The van der Waals surface area contributed by atoms with Gasteiger partial charge in [-0.2, -0.15) is 0 Å². The van der Waals surface area contributed by atoms with Crippen molar-refractivity contribution in [1.29, 1.82) is 0 Å². The first-order valence-electron chi connectivity index (χ1n) is 8.51. The first-order valence-corrected chi connectivity index (χ1v) is 8.51. The van der Waals surface area contributed by atoms with E-state index in [9.17, 15) is 9.59 Å². The first-order chi connectivity index (χ1) is 11.1. The van der Waals surface area contributed by atoms with Crippen LogP contribution in [0.5, 0.6) is 0 Å². The number of nitrogens with one attached hydrogen (secondary N) is 1. The lowest BCUT2D eigenvalue weighted by atomic mass is 9.59. The molecule has 1 spiro atoms. The summed E-state index contributed by atoms with van der Waals surface area (Å²) in [5, 5.41) is 3.22. The molecule has 3 aliphatic carbocycles. The Kier molecular flexibility index (Phi) is 3.46. The summed E-state index contributed by atoms with van der Waals surface area (Å²) in [6, 6.07) is -0.591. The highest BCUT2D eigenvalue weighted by Crippen LogP contribution is 2.52. The predicted molar refractivity (Wildman–Crippen MR) is 83.4 cm³/mol. The van der Waals surface area contributed by atoms with E-state index in [1.807, 2.05) is 6.92 Å². The molecule has 0 aromatic heterocycles. The van der Waals surface area contributed by atoms with Crippen molar-refractivity contribution in [3.8, 4) is 0 Å². The monoisotopic (exact) mass is 317 g/mol. The zero-order valence-corrected chi connectivity index (χ0v) is 13.6. The van der Waals surface area contributed by atoms with E-state index in [2.05, 4.69) is 17.5 Å². The van der Waals surface area contributed by atoms with Gasteiger partial charge in [-0.25, -0.2) is 0 Å². The Bertz CT molecular complexity index is 610. The molecule has 0 amide bonds. The molecule has 5 heteroatoms. The minimum absolute atomic E-state index is 0.0389. The quantitative estimate of drug-likeness (QED) is 0.589. The summed E-state index contributed by atoms with van der Waals surface area (Å²) in [5.74, 6) is 0.480. The van der Waals surface area contributed by atoms with E-state index in [-0.39, 0.29) is 23.8 Å². The molecule has 1 heterocycles. The maximum Gasteiger partial charge on any atom is 0.325 e. The number of esters is 1. The topological polar surface area (TPSA) is 64.6 Å². The maximum absolute atomic E-state index is 12.9. The number of hydrogen-bond donors (Lipinski definition) is 1. The van der Waals surface area contributed by atoms with E-state index in [0.717, 1.165) is 25.7 Å². The van der Waals surface area contributed by atoms with Gasteiger partial charge < -0.3 is 9.47 Å². The Labute approximate surface area is 136 Å². The molecule has 0 radical (unpaired) electrons. The second-order valence-electron chi connectivity index (χ2n) is 7.14. The van der Waals surface area contributed by atoms with Gasteiger partial charge in [-0.3, -0.25) is 14.9 Å². The SMILES string of the molecule is COC(=O)[C@H]1N[C@]2(O[C@@H]1C)C(=O)C=C1CCC[C@@H]3C=CC[C@H]2[C@H]13. The molecule has 0 aromatic rings. The third-order valence-electron chi connectivity index (χ3n) is 5.97. The average Bonchev–Trinajstić information content (AvgIpc) is 2.91. The van der Waals surface area contributed by atoms with Crippen LogP contribution in [-0.4, -0.2) is 36.7 Å². The third-order valence-corrected chi connectivity index (χ3v) is 5.97. The highest BCUT2D eigenvalue weighted by Gasteiger charge is 2.61. The number of methoxy groups -OCH3 is 1. The Morgan fingerprint density at radius 1 is 1.48 bits per heavy atom. The maximum atomic E-state index is 12.9. The fourth-order valence-electron chi connectivity index (χ4n) is 4.97. The van der Waals surface area contributed by atoms with Gasteiger partial charge >= 0.3 is 5.97 Å². The largest absolute Gasteiger partial charge is 0.468 e. The lowest BCUT2D eigenvalue weighted by Gasteiger charge is -2.49.